The molecule has 4 nitrogen and oxygen atoms in total. The smallest absolute Gasteiger partial charge is 0.227 e. The van der Waals surface area contributed by atoms with Crippen molar-refractivity contribution in [1.29, 1.82) is 0 Å². The summed E-state index contributed by atoms with van der Waals surface area (Å²) in [4.78, 5) is 14.8. The number of hydrogen-bond acceptors (Lipinski definition) is 3. The van der Waals surface area contributed by atoms with E-state index in [1.165, 1.54) is 32.1 Å². The summed E-state index contributed by atoms with van der Waals surface area (Å²) in [6, 6.07) is 9.67. The predicted molar refractivity (Wildman–Crippen MR) is 100 cm³/mol. The molecule has 0 spiro atoms. The molecule has 0 aromatic heterocycles. The molecule has 4 heteroatoms. The lowest BCUT2D eigenvalue weighted by Gasteiger charge is -2.36. The van der Waals surface area contributed by atoms with E-state index < -0.39 is 0 Å². The molecule has 1 aromatic rings. The van der Waals surface area contributed by atoms with Crippen molar-refractivity contribution in [2.24, 2.45) is 11.7 Å². The second kappa shape index (κ2) is 8.81. The average molecular weight is 344 g/mol. The molecule has 2 fully saturated rings. The van der Waals surface area contributed by atoms with E-state index in [9.17, 15) is 4.79 Å². The molecule has 2 unspecified atom stereocenters. The SMILES string of the molecule is CC(C(=O)N1CCC(OC2CCCCC2)CC1)C(N)c1ccccc1. The van der Waals surface area contributed by atoms with Gasteiger partial charge in [-0.25, -0.2) is 0 Å². The fourth-order valence-electron chi connectivity index (χ4n) is 4.09. The van der Waals surface area contributed by atoms with E-state index in [4.69, 9.17) is 10.5 Å². The molecular weight excluding hydrogens is 312 g/mol. The number of nitrogens with two attached hydrogens (primary N) is 1. The van der Waals surface area contributed by atoms with Crippen molar-refractivity contribution in [3.8, 4) is 0 Å². The molecule has 3 rings (SSSR count). The van der Waals surface area contributed by atoms with Crippen LogP contribution in [-0.4, -0.2) is 36.1 Å². The molecule has 25 heavy (non-hydrogen) atoms. The summed E-state index contributed by atoms with van der Waals surface area (Å²) < 4.78 is 6.27. The van der Waals surface area contributed by atoms with Gasteiger partial charge in [-0.05, 0) is 31.2 Å². The van der Waals surface area contributed by atoms with Gasteiger partial charge in [-0.1, -0.05) is 56.5 Å². The lowest BCUT2D eigenvalue weighted by Crippen LogP contribution is -2.45. The summed E-state index contributed by atoms with van der Waals surface area (Å²) in [5.41, 5.74) is 7.35. The number of carbonyl (C=O) groups is 1. The highest BCUT2D eigenvalue weighted by molar-refractivity contribution is 5.79. The average Bonchev–Trinajstić information content (AvgIpc) is 2.68. The molecule has 1 saturated heterocycles. The Kier molecular flexibility index (Phi) is 6.49. The van der Waals surface area contributed by atoms with Crippen LogP contribution < -0.4 is 5.73 Å². The van der Waals surface area contributed by atoms with E-state index in [-0.39, 0.29) is 17.9 Å². The van der Waals surface area contributed by atoms with Gasteiger partial charge in [-0.3, -0.25) is 4.79 Å². The first-order valence-electron chi connectivity index (χ1n) is 9.90. The van der Waals surface area contributed by atoms with Gasteiger partial charge in [0.25, 0.3) is 0 Å². The van der Waals surface area contributed by atoms with Gasteiger partial charge in [0.15, 0.2) is 0 Å². The fourth-order valence-corrected chi connectivity index (χ4v) is 4.09. The normalized spacial score (nSPS) is 22.6. The van der Waals surface area contributed by atoms with Gasteiger partial charge in [-0.15, -0.1) is 0 Å². The first-order valence-corrected chi connectivity index (χ1v) is 9.90. The topological polar surface area (TPSA) is 55.6 Å². The molecule has 1 aliphatic heterocycles. The van der Waals surface area contributed by atoms with Gasteiger partial charge in [0.05, 0.1) is 18.1 Å². The molecule has 0 bridgehead atoms. The van der Waals surface area contributed by atoms with E-state index in [1.54, 1.807) is 0 Å². The molecule has 1 aliphatic carbocycles. The predicted octanol–water partition coefficient (Wildman–Crippen LogP) is 3.66. The quantitative estimate of drug-likeness (QED) is 0.887. The highest BCUT2D eigenvalue weighted by atomic mass is 16.5. The van der Waals surface area contributed by atoms with Crippen molar-refractivity contribution >= 4 is 5.91 Å². The van der Waals surface area contributed by atoms with Gasteiger partial charge in [0, 0.05) is 19.1 Å². The monoisotopic (exact) mass is 344 g/mol. The Hall–Kier alpha value is -1.39. The maximum Gasteiger partial charge on any atom is 0.227 e. The van der Waals surface area contributed by atoms with Crippen LogP contribution in [0, 0.1) is 5.92 Å². The number of hydrogen-bond donors (Lipinski definition) is 1. The molecule has 2 N–H and O–H groups in total. The Bertz CT molecular complexity index is 534. The van der Waals surface area contributed by atoms with Crippen LogP contribution in [-0.2, 0) is 9.53 Å². The van der Waals surface area contributed by atoms with Crippen molar-refractivity contribution < 1.29 is 9.53 Å². The number of rotatable bonds is 5. The first-order chi connectivity index (χ1) is 12.1. The van der Waals surface area contributed by atoms with E-state index >= 15 is 0 Å². The number of carbonyl (C=O) groups excluding carboxylic acids is 1. The number of amides is 1. The number of benzene rings is 1. The van der Waals surface area contributed by atoms with Gasteiger partial charge in [0.1, 0.15) is 0 Å². The Morgan fingerprint density at radius 3 is 2.28 bits per heavy atom. The molecule has 1 heterocycles. The second-order valence-electron chi connectivity index (χ2n) is 7.65. The van der Waals surface area contributed by atoms with Crippen molar-refractivity contribution in [3.63, 3.8) is 0 Å². The molecule has 2 aliphatic rings. The van der Waals surface area contributed by atoms with Crippen molar-refractivity contribution in [1.82, 2.24) is 4.90 Å². The maximum atomic E-state index is 12.8. The van der Waals surface area contributed by atoms with Gasteiger partial charge < -0.3 is 15.4 Å². The summed E-state index contributed by atoms with van der Waals surface area (Å²) in [5.74, 6) is -0.0225. The Balaban J connectivity index is 1.47. The third kappa shape index (κ3) is 4.83. The minimum atomic E-state index is -0.245. The highest BCUT2D eigenvalue weighted by Gasteiger charge is 2.30. The van der Waals surface area contributed by atoms with Crippen LogP contribution in [0.3, 0.4) is 0 Å². The Labute approximate surface area is 151 Å². The molecule has 138 valence electrons. The lowest BCUT2D eigenvalue weighted by molar-refractivity contribution is -0.139. The minimum Gasteiger partial charge on any atom is -0.375 e. The van der Waals surface area contributed by atoms with E-state index in [1.807, 2.05) is 42.2 Å². The minimum absolute atomic E-state index is 0.174. The van der Waals surface area contributed by atoms with Crippen LogP contribution in [0.25, 0.3) is 0 Å². The van der Waals surface area contributed by atoms with Crippen LogP contribution in [0.15, 0.2) is 30.3 Å². The number of likely N-dealkylation sites (tertiary alicyclic amines) is 1. The largest absolute Gasteiger partial charge is 0.375 e. The molecule has 0 radical (unpaired) electrons. The van der Waals surface area contributed by atoms with Crippen LogP contribution in [0.4, 0.5) is 0 Å². The molecular formula is C21H32N2O2. The summed E-state index contributed by atoms with van der Waals surface area (Å²) in [7, 11) is 0. The lowest BCUT2D eigenvalue weighted by atomic mass is 9.93. The van der Waals surface area contributed by atoms with Gasteiger partial charge in [-0.2, -0.15) is 0 Å². The standard InChI is InChI=1S/C21H32N2O2/c1-16(20(22)17-8-4-2-5-9-17)21(24)23-14-12-19(13-15-23)25-18-10-6-3-7-11-18/h2,4-5,8-9,16,18-20H,3,6-7,10-15,22H2,1H3. The third-order valence-corrected chi connectivity index (χ3v) is 5.80. The number of ether oxygens (including phenoxy) is 1. The van der Waals surface area contributed by atoms with Crippen LogP contribution in [0.2, 0.25) is 0 Å². The fraction of sp³-hybridized carbons (Fsp3) is 0.667. The molecule has 1 amide bonds. The van der Waals surface area contributed by atoms with Crippen LogP contribution in [0.1, 0.15) is 63.5 Å². The van der Waals surface area contributed by atoms with E-state index in [2.05, 4.69) is 0 Å². The second-order valence-corrected chi connectivity index (χ2v) is 7.65. The summed E-state index contributed by atoms with van der Waals surface area (Å²) in [5, 5.41) is 0. The van der Waals surface area contributed by atoms with Crippen molar-refractivity contribution in [3.05, 3.63) is 35.9 Å². The molecule has 1 saturated carbocycles. The van der Waals surface area contributed by atoms with E-state index in [0.29, 0.717) is 12.2 Å². The van der Waals surface area contributed by atoms with Crippen LogP contribution >= 0.6 is 0 Å². The van der Waals surface area contributed by atoms with Crippen molar-refractivity contribution in [2.75, 3.05) is 13.1 Å². The van der Waals surface area contributed by atoms with Gasteiger partial charge >= 0.3 is 0 Å². The maximum absolute atomic E-state index is 12.8. The van der Waals surface area contributed by atoms with Crippen LogP contribution in [0.5, 0.6) is 0 Å². The Morgan fingerprint density at radius 1 is 1.04 bits per heavy atom. The zero-order chi connectivity index (χ0) is 17.6. The first kappa shape index (κ1) is 18.4. The zero-order valence-corrected chi connectivity index (χ0v) is 15.4. The zero-order valence-electron chi connectivity index (χ0n) is 15.4. The number of nitrogens with zero attached hydrogens (tertiary/aromatic N) is 1. The van der Waals surface area contributed by atoms with Gasteiger partial charge in [0.2, 0.25) is 5.91 Å². The third-order valence-electron chi connectivity index (χ3n) is 5.80. The Morgan fingerprint density at radius 2 is 1.64 bits per heavy atom. The van der Waals surface area contributed by atoms with E-state index in [0.717, 1.165) is 31.5 Å². The summed E-state index contributed by atoms with van der Waals surface area (Å²) >= 11 is 0. The highest BCUT2D eigenvalue weighted by Crippen LogP contribution is 2.26. The molecule has 2 atom stereocenters. The van der Waals surface area contributed by atoms with Crippen molar-refractivity contribution in [2.45, 2.75) is 70.1 Å². The molecule has 1 aromatic carbocycles. The summed E-state index contributed by atoms with van der Waals surface area (Å²) in [6.07, 6.45) is 9.06. The number of piperidine rings is 1. The summed E-state index contributed by atoms with van der Waals surface area (Å²) in [6.45, 7) is 3.54.